The second-order valence-corrected chi connectivity index (χ2v) is 5.92. The monoisotopic (exact) mass is 283 g/mol. The number of fused-ring (bicyclic) bond motifs is 1. The van der Waals surface area contributed by atoms with Gasteiger partial charge in [0.05, 0.1) is 18.4 Å². The third kappa shape index (κ3) is 2.16. The maximum atomic E-state index is 12.4. The van der Waals surface area contributed by atoms with Gasteiger partial charge in [-0.2, -0.15) is 0 Å². The molecule has 1 heterocycles. The van der Waals surface area contributed by atoms with Crippen LogP contribution in [-0.4, -0.2) is 17.1 Å². The number of nitrogens with one attached hydrogen (secondary N) is 1. The Morgan fingerprint density at radius 1 is 1.24 bits per heavy atom. The zero-order valence-corrected chi connectivity index (χ0v) is 11.5. The fourth-order valence-corrected chi connectivity index (χ4v) is 3.31. The van der Waals surface area contributed by atoms with Gasteiger partial charge in [-0.15, -0.1) is 0 Å². The Kier molecular flexibility index (Phi) is 2.86. The molecule has 21 heavy (non-hydrogen) atoms. The van der Waals surface area contributed by atoms with Crippen LogP contribution >= 0.6 is 0 Å². The van der Waals surface area contributed by atoms with E-state index in [9.17, 15) is 9.90 Å². The van der Waals surface area contributed by atoms with Gasteiger partial charge < -0.3 is 14.8 Å². The topological polar surface area (TPSA) is 62.5 Å². The molecule has 4 rings (SSSR count). The minimum absolute atomic E-state index is 0.0113. The van der Waals surface area contributed by atoms with Crippen LogP contribution in [-0.2, 0) is 11.2 Å². The van der Waals surface area contributed by atoms with Crippen molar-refractivity contribution in [3.05, 3.63) is 59.5 Å². The Labute approximate surface area is 122 Å². The molecule has 1 aromatic heterocycles. The molecule has 1 aromatic carbocycles. The van der Waals surface area contributed by atoms with Crippen molar-refractivity contribution in [1.82, 2.24) is 5.32 Å². The molecule has 2 unspecified atom stereocenters. The van der Waals surface area contributed by atoms with E-state index >= 15 is 0 Å². The molecular weight excluding hydrogens is 266 g/mol. The second kappa shape index (κ2) is 4.74. The molecule has 108 valence electrons. The molecule has 1 fully saturated rings. The molecule has 1 amide bonds. The van der Waals surface area contributed by atoms with E-state index in [1.165, 1.54) is 0 Å². The van der Waals surface area contributed by atoms with Crippen molar-refractivity contribution in [3.63, 3.8) is 0 Å². The standard InChI is InChI=1S/C17H17NO3/c19-14-8-10-4-1-2-5-11(10)16(14)18-17(20)13-9-12(13)15-6-3-7-21-15/h1-7,12-14,16,19H,8-9H2,(H,18,20)/t12?,13?,14-,16+/m1/s1. The summed E-state index contributed by atoms with van der Waals surface area (Å²) in [7, 11) is 0. The van der Waals surface area contributed by atoms with Crippen molar-refractivity contribution in [3.8, 4) is 0 Å². The SMILES string of the molecule is O=C(N[C@H]1c2ccccc2C[C@H]1O)C1CC1c1ccco1. The van der Waals surface area contributed by atoms with Gasteiger partial charge in [-0.1, -0.05) is 24.3 Å². The molecule has 4 heteroatoms. The van der Waals surface area contributed by atoms with Crippen LogP contribution in [0.15, 0.2) is 47.1 Å². The highest BCUT2D eigenvalue weighted by atomic mass is 16.3. The number of furan rings is 1. The maximum absolute atomic E-state index is 12.4. The van der Waals surface area contributed by atoms with Gasteiger partial charge in [0, 0.05) is 18.3 Å². The van der Waals surface area contributed by atoms with Crippen molar-refractivity contribution in [2.75, 3.05) is 0 Å². The third-order valence-corrected chi connectivity index (χ3v) is 4.54. The zero-order valence-electron chi connectivity index (χ0n) is 11.5. The molecule has 2 aliphatic carbocycles. The summed E-state index contributed by atoms with van der Waals surface area (Å²) in [6, 6.07) is 11.4. The molecule has 4 atom stereocenters. The average Bonchev–Trinajstić information content (AvgIpc) is 2.97. The average molecular weight is 283 g/mol. The maximum Gasteiger partial charge on any atom is 0.224 e. The minimum atomic E-state index is -0.535. The fraction of sp³-hybridized carbons (Fsp3) is 0.353. The van der Waals surface area contributed by atoms with E-state index in [0.29, 0.717) is 6.42 Å². The molecule has 0 bridgehead atoms. The smallest absolute Gasteiger partial charge is 0.224 e. The van der Waals surface area contributed by atoms with Crippen molar-refractivity contribution in [2.24, 2.45) is 5.92 Å². The Morgan fingerprint density at radius 2 is 2.10 bits per heavy atom. The van der Waals surface area contributed by atoms with Crippen LogP contribution in [0.2, 0.25) is 0 Å². The van der Waals surface area contributed by atoms with Crippen LogP contribution in [0.1, 0.15) is 35.3 Å². The van der Waals surface area contributed by atoms with E-state index in [0.717, 1.165) is 23.3 Å². The van der Waals surface area contributed by atoms with Crippen LogP contribution in [0.3, 0.4) is 0 Å². The molecule has 2 aromatic rings. The first kappa shape index (κ1) is 12.7. The quantitative estimate of drug-likeness (QED) is 0.907. The van der Waals surface area contributed by atoms with Crippen molar-refractivity contribution >= 4 is 5.91 Å². The van der Waals surface area contributed by atoms with Gasteiger partial charge >= 0.3 is 0 Å². The molecule has 0 saturated heterocycles. The number of aliphatic hydroxyl groups excluding tert-OH is 1. The highest BCUT2D eigenvalue weighted by molar-refractivity contribution is 5.83. The minimum Gasteiger partial charge on any atom is -0.469 e. The van der Waals surface area contributed by atoms with E-state index in [4.69, 9.17) is 4.42 Å². The summed E-state index contributed by atoms with van der Waals surface area (Å²) in [4.78, 5) is 12.4. The molecular formula is C17H17NO3. The van der Waals surface area contributed by atoms with Gasteiger partial charge in [0.15, 0.2) is 0 Å². The lowest BCUT2D eigenvalue weighted by atomic mass is 10.1. The molecule has 0 radical (unpaired) electrons. The number of hydrogen-bond acceptors (Lipinski definition) is 3. The van der Waals surface area contributed by atoms with Crippen LogP contribution in [0.25, 0.3) is 0 Å². The van der Waals surface area contributed by atoms with E-state index in [1.807, 2.05) is 36.4 Å². The highest BCUT2D eigenvalue weighted by Crippen LogP contribution is 2.48. The Morgan fingerprint density at radius 3 is 2.90 bits per heavy atom. The Balaban J connectivity index is 1.46. The van der Waals surface area contributed by atoms with Crippen LogP contribution < -0.4 is 5.32 Å². The van der Waals surface area contributed by atoms with Crippen LogP contribution in [0.5, 0.6) is 0 Å². The summed E-state index contributed by atoms with van der Waals surface area (Å²) in [6.07, 6.45) is 2.53. The Bertz CT molecular complexity index is 664. The summed E-state index contributed by atoms with van der Waals surface area (Å²) in [5.74, 6) is 1.05. The first-order chi connectivity index (χ1) is 10.2. The molecule has 2 aliphatic rings. The van der Waals surface area contributed by atoms with E-state index < -0.39 is 6.10 Å². The molecule has 0 spiro atoms. The second-order valence-electron chi connectivity index (χ2n) is 5.92. The van der Waals surface area contributed by atoms with Crippen LogP contribution in [0.4, 0.5) is 0 Å². The summed E-state index contributed by atoms with van der Waals surface area (Å²) in [6.45, 7) is 0. The first-order valence-electron chi connectivity index (χ1n) is 7.33. The number of aliphatic hydroxyl groups is 1. The number of rotatable bonds is 3. The van der Waals surface area contributed by atoms with Crippen molar-refractivity contribution in [2.45, 2.75) is 30.9 Å². The van der Waals surface area contributed by atoms with Crippen LogP contribution in [0, 0.1) is 5.92 Å². The van der Waals surface area contributed by atoms with Gasteiger partial charge in [-0.05, 0) is 29.7 Å². The number of carbonyl (C=O) groups is 1. The van der Waals surface area contributed by atoms with E-state index in [2.05, 4.69) is 5.32 Å². The summed E-state index contributed by atoms with van der Waals surface area (Å²) in [5.41, 5.74) is 2.15. The third-order valence-electron chi connectivity index (χ3n) is 4.54. The van der Waals surface area contributed by atoms with E-state index in [1.54, 1.807) is 6.26 Å². The lowest BCUT2D eigenvalue weighted by Crippen LogP contribution is -2.35. The Hall–Kier alpha value is -2.07. The lowest BCUT2D eigenvalue weighted by Gasteiger charge is -2.18. The fourth-order valence-electron chi connectivity index (χ4n) is 3.31. The van der Waals surface area contributed by atoms with Crippen molar-refractivity contribution < 1.29 is 14.3 Å². The summed E-state index contributed by atoms with van der Waals surface area (Å²) >= 11 is 0. The van der Waals surface area contributed by atoms with Gasteiger partial charge in [0.25, 0.3) is 0 Å². The predicted octanol–water partition coefficient (Wildman–Crippen LogP) is 2.16. The zero-order chi connectivity index (χ0) is 14.4. The summed E-state index contributed by atoms with van der Waals surface area (Å²) < 4.78 is 5.36. The lowest BCUT2D eigenvalue weighted by molar-refractivity contribution is -0.124. The first-order valence-corrected chi connectivity index (χ1v) is 7.33. The van der Waals surface area contributed by atoms with Crippen molar-refractivity contribution in [1.29, 1.82) is 0 Å². The van der Waals surface area contributed by atoms with Gasteiger partial charge in [0.2, 0.25) is 5.91 Å². The van der Waals surface area contributed by atoms with E-state index in [-0.39, 0.29) is 23.8 Å². The molecule has 2 N–H and O–H groups in total. The largest absolute Gasteiger partial charge is 0.469 e. The van der Waals surface area contributed by atoms with Gasteiger partial charge in [-0.25, -0.2) is 0 Å². The van der Waals surface area contributed by atoms with Gasteiger partial charge in [0.1, 0.15) is 5.76 Å². The summed E-state index contributed by atoms with van der Waals surface area (Å²) in [5, 5.41) is 13.2. The normalized spacial score (nSPS) is 30.0. The molecule has 4 nitrogen and oxygen atoms in total. The molecule has 0 aliphatic heterocycles. The van der Waals surface area contributed by atoms with Gasteiger partial charge in [-0.3, -0.25) is 4.79 Å². The number of hydrogen-bond donors (Lipinski definition) is 2. The highest BCUT2D eigenvalue weighted by Gasteiger charge is 2.47. The number of carbonyl (C=O) groups excluding carboxylic acids is 1. The molecule has 1 saturated carbocycles. The predicted molar refractivity (Wildman–Crippen MR) is 76.6 cm³/mol. The number of benzene rings is 1. The number of amides is 1.